The van der Waals surface area contributed by atoms with Crippen LogP contribution in [0.5, 0.6) is 5.75 Å². The number of methoxy groups -OCH3 is 1. The topological polar surface area (TPSA) is 33.3 Å². The van der Waals surface area contributed by atoms with Crippen molar-refractivity contribution in [2.75, 3.05) is 26.7 Å². The maximum atomic E-state index is 13.4. The molecule has 1 aromatic carbocycles. The van der Waals surface area contributed by atoms with Gasteiger partial charge in [-0.15, -0.1) is 0 Å². The number of hydrogen-bond donors (Lipinski definition) is 2. The summed E-state index contributed by atoms with van der Waals surface area (Å²) in [5, 5.41) is 6.60. The van der Waals surface area contributed by atoms with Crippen molar-refractivity contribution in [1.82, 2.24) is 10.6 Å². The maximum absolute atomic E-state index is 13.4. The quantitative estimate of drug-likeness (QED) is 0.766. The number of benzene rings is 1. The summed E-state index contributed by atoms with van der Waals surface area (Å²) in [4.78, 5) is 0. The molecule has 82 valence electrons. The Labute approximate surface area is 88.6 Å². The molecule has 1 aliphatic rings. The lowest BCUT2D eigenvalue weighted by Crippen LogP contribution is -2.42. The summed E-state index contributed by atoms with van der Waals surface area (Å²) < 4.78 is 18.3. The highest BCUT2D eigenvalue weighted by molar-refractivity contribution is 5.31. The number of ether oxygens (including phenoxy) is 1. The lowest BCUT2D eigenvalue weighted by Gasteiger charge is -2.25. The van der Waals surface area contributed by atoms with Crippen LogP contribution < -0.4 is 15.4 Å². The smallest absolute Gasteiger partial charge is 0.165 e. The van der Waals surface area contributed by atoms with Crippen molar-refractivity contribution in [3.63, 3.8) is 0 Å². The Hall–Kier alpha value is -1.13. The second-order valence-electron chi connectivity index (χ2n) is 3.60. The van der Waals surface area contributed by atoms with Crippen LogP contribution in [0.25, 0.3) is 0 Å². The third kappa shape index (κ3) is 2.27. The summed E-state index contributed by atoms with van der Waals surface area (Å²) in [7, 11) is 1.47. The van der Waals surface area contributed by atoms with Crippen LogP contribution in [-0.2, 0) is 0 Å². The predicted octanol–water partition coefficient (Wildman–Crippen LogP) is 1.07. The molecule has 1 saturated heterocycles. The molecule has 0 aromatic heterocycles. The second kappa shape index (κ2) is 4.59. The van der Waals surface area contributed by atoms with Gasteiger partial charge in [-0.1, -0.05) is 6.07 Å². The largest absolute Gasteiger partial charge is 0.494 e. The number of rotatable bonds is 2. The number of nitrogens with one attached hydrogen (secondary N) is 2. The van der Waals surface area contributed by atoms with Crippen molar-refractivity contribution < 1.29 is 9.13 Å². The first-order valence-electron chi connectivity index (χ1n) is 5.09. The molecular formula is C11H15FN2O. The highest BCUT2D eigenvalue weighted by atomic mass is 19.1. The summed E-state index contributed by atoms with van der Waals surface area (Å²) in [6.07, 6.45) is 0. The molecule has 0 amide bonds. The first-order valence-corrected chi connectivity index (χ1v) is 5.09. The fourth-order valence-corrected chi connectivity index (χ4v) is 1.79. The summed E-state index contributed by atoms with van der Waals surface area (Å²) in [6.45, 7) is 2.72. The number of piperazine rings is 1. The van der Waals surface area contributed by atoms with E-state index in [1.807, 2.05) is 6.07 Å². The fourth-order valence-electron chi connectivity index (χ4n) is 1.79. The van der Waals surface area contributed by atoms with Gasteiger partial charge in [0.1, 0.15) is 0 Å². The molecule has 4 heteroatoms. The molecule has 2 rings (SSSR count). The molecule has 2 N–H and O–H groups in total. The van der Waals surface area contributed by atoms with E-state index in [4.69, 9.17) is 4.74 Å². The first kappa shape index (κ1) is 10.4. The summed E-state index contributed by atoms with van der Waals surface area (Å²) in [5.74, 6) is -0.00936. The molecule has 0 bridgehead atoms. The van der Waals surface area contributed by atoms with Crippen LogP contribution >= 0.6 is 0 Å². The molecule has 0 aliphatic carbocycles. The van der Waals surface area contributed by atoms with Gasteiger partial charge in [0, 0.05) is 25.7 Å². The fraction of sp³-hybridized carbons (Fsp3) is 0.455. The van der Waals surface area contributed by atoms with E-state index in [1.165, 1.54) is 13.2 Å². The van der Waals surface area contributed by atoms with Crippen LogP contribution in [-0.4, -0.2) is 26.7 Å². The zero-order valence-corrected chi connectivity index (χ0v) is 8.72. The SMILES string of the molecule is COc1ccc([C@@H]2CNCCN2)cc1F. The number of hydrogen-bond acceptors (Lipinski definition) is 3. The molecule has 1 aliphatic heterocycles. The molecule has 1 atom stereocenters. The molecule has 0 saturated carbocycles. The van der Waals surface area contributed by atoms with Crippen molar-refractivity contribution >= 4 is 0 Å². The van der Waals surface area contributed by atoms with E-state index in [-0.39, 0.29) is 11.9 Å². The van der Waals surface area contributed by atoms with Gasteiger partial charge in [-0.3, -0.25) is 0 Å². The standard InChI is InChI=1S/C11H15FN2O/c1-15-11-3-2-8(6-9(11)12)10-7-13-4-5-14-10/h2-3,6,10,13-14H,4-5,7H2,1H3/t10-/m0/s1. The monoisotopic (exact) mass is 210 g/mol. The Balaban J connectivity index is 2.17. The van der Waals surface area contributed by atoms with Crippen molar-refractivity contribution in [2.45, 2.75) is 6.04 Å². The highest BCUT2D eigenvalue weighted by Crippen LogP contribution is 2.22. The molecule has 0 unspecified atom stereocenters. The van der Waals surface area contributed by atoms with Crippen LogP contribution in [0.3, 0.4) is 0 Å². The van der Waals surface area contributed by atoms with E-state index in [0.717, 1.165) is 25.2 Å². The van der Waals surface area contributed by atoms with E-state index in [9.17, 15) is 4.39 Å². The Morgan fingerprint density at radius 1 is 1.40 bits per heavy atom. The van der Waals surface area contributed by atoms with Crippen LogP contribution in [0.2, 0.25) is 0 Å². The molecule has 15 heavy (non-hydrogen) atoms. The minimum absolute atomic E-state index is 0.194. The lowest BCUT2D eigenvalue weighted by atomic mass is 10.1. The predicted molar refractivity (Wildman–Crippen MR) is 56.6 cm³/mol. The van der Waals surface area contributed by atoms with Gasteiger partial charge in [0.05, 0.1) is 7.11 Å². The van der Waals surface area contributed by atoms with Crippen LogP contribution in [0.1, 0.15) is 11.6 Å². The van der Waals surface area contributed by atoms with Gasteiger partial charge in [-0.05, 0) is 17.7 Å². The average Bonchev–Trinajstić information content (AvgIpc) is 2.30. The van der Waals surface area contributed by atoms with Gasteiger partial charge in [-0.25, -0.2) is 4.39 Å². The number of halogens is 1. The maximum Gasteiger partial charge on any atom is 0.165 e. The van der Waals surface area contributed by atoms with Gasteiger partial charge in [0.25, 0.3) is 0 Å². The highest BCUT2D eigenvalue weighted by Gasteiger charge is 2.15. The normalized spacial score (nSPS) is 21.3. The first-order chi connectivity index (χ1) is 7.31. The average molecular weight is 210 g/mol. The molecule has 1 fully saturated rings. The van der Waals surface area contributed by atoms with Crippen molar-refractivity contribution in [3.8, 4) is 5.75 Å². The van der Waals surface area contributed by atoms with Crippen molar-refractivity contribution in [3.05, 3.63) is 29.6 Å². The Morgan fingerprint density at radius 3 is 2.87 bits per heavy atom. The minimum atomic E-state index is -0.303. The van der Waals surface area contributed by atoms with Gasteiger partial charge in [0.15, 0.2) is 11.6 Å². The van der Waals surface area contributed by atoms with E-state index in [0.29, 0.717) is 5.75 Å². The zero-order valence-electron chi connectivity index (χ0n) is 8.72. The summed E-state index contributed by atoms with van der Waals surface area (Å²) in [6, 6.07) is 5.29. The second-order valence-corrected chi connectivity index (χ2v) is 3.60. The molecule has 0 spiro atoms. The Morgan fingerprint density at radius 2 is 2.27 bits per heavy atom. The van der Waals surface area contributed by atoms with Crippen molar-refractivity contribution in [1.29, 1.82) is 0 Å². The van der Waals surface area contributed by atoms with Crippen molar-refractivity contribution in [2.24, 2.45) is 0 Å². The molecule has 0 radical (unpaired) electrons. The lowest BCUT2D eigenvalue weighted by molar-refractivity contribution is 0.383. The van der Waals surface area contributed by atoms with E-state index >= 15 is 0 Å². The molecule has 1 aromatic rings. The van der Waals surface area contributed by atoms with Gasteiger partial charge < -0.3 is 15.4 Å². The van der Waals surface area contributed by atoms with E-state index in [1.54, 1.807) is 6.07 Å². The Bertz CT molecular complexity index is 337. The van der Waals surface area contributed by atoms with Crippen LogP contribution in [0.15, 0.2) is 18.2 Å². The van der Waals surface area contributed by atoms with Gasteiger partial charge in [0.2, 0.25) is 0 Å². The van der Waals surface area contributed by atoms with E-state index in [2.05, 4.69) is 10.6 Å². The third-order valence-electron chi connectivity index (χ3n) is 2.62. The summed E-state index contributed by atoms with van der Waals surface area (Å²) >= 11 is 0. The molecule has 3 nitrogen and oxygen atoms in total. The minimum Gasteiger partial charge on any atom is -0.494 e. The summed E-state index contributed by atoms with van der Waals surface area (Å²) in [5.41, 5.74) is 0.959. The van der Waals surface area contributed by atoms with Crippen LogP contribution in [0, 0.1) is 5.82 Å². The van der Waals surface area contributed by atoms with Gasteiger partial charge >= 0.3 is 0 Å². The van der Waals surface area contributed by atoms with Crippen LogP contribution in [0.4, 0.5) is 4.39 Å². The molecule has 1 heterocycles. The van der Waals surface area contributed by atoms with E-state index < -0.39 is 0 Å². The third-order valence-corrected chi connectivity index (χ3v) is 2.62. The van der Waals surface area contributed by atoms with Gasteiger partial charge in [-0.2, -0.15) is 0 Å². The zero-order chi connectivity index (χ0) is 10.7. The Kier molecular flexibility index (Phi) is 3.18. The molecular weight excluding hydrogens is 195 g/mol.